The minimum Gasteiger partial charge on any atom is -0.241 e. The fourth-order valence-electron chi connectivity index (χ4n) is 1.07. The molecule has 1 aromatic heterocycles. The van der Waals surface area contributed by atoms with Crippen LogP contribution in [0.15, 0.2) is 6.30 Å². The molecule has 0 aliphatic rings. The highest BCUT2D eigenvalue weighted by Crippen LogP contribution is 2.16. The summed E-state index contributed by atoms with van der Waals surface area (Å²) in [5, 5.41) is 0. The smallest absolute Gasteiger partial charge is 0.115 e. The van der Waals surface area contributed by atoms with Crippen molar-refractivity contribution in [1.29, 1.82) is 0 Å². The van der Waals surface area contributed by atoms with Crippen LogP contribution < -0.4 is 0 Å². The highest BCUT2D eigenvalue weighted by molar-refractivity contribution is 5.23. The van der Waals surface area contributed by atoms with Crippen LogP contribution in [0, 0.1) is 13.8 Å². The third-order valence-electron chi connectivity index (χ3n) is 1.86. The van der Waals surface area contributed by atoms with Crippen molar-refractivity contribution in [1.82, 2.24) is 9.97 Å². The fraction of sp³-hybridized carbons (Fsp3) is 0.556. The first-order chi connectivity index (χ1) is 5.52. The number of nitrogens with zero attached hydrogens (tertiary/aromatic N) is 2. The van der Waals surface area contributed by atoms with E-state index in [0.717, 1.165) is 17.0 Å². The van der Waals surface area contributed by atoms with Gasteiger partial charge in [0.25, 0.3) is 0 Å². The first-order valence-corrected chi connectivity index (χ1v) is 3.84. The molecule has 0 fully saturated rings. The average molecular weight is 151 g/mol. The second-order valence-corrected chi connectivity index (χ2v) is 3.07. The first kappa shape index (κ1) is 6.77. The molecule has 2 heteroatoms. The lowest BCUT2D eigenvalue weighted by atomic mass is 10.0. The summed E-state index contributed by atoms with van der Waals surface area (Å²) in [6, 6.07) is 0. The summed E-state index contributed by atoms with van der Waals surface area (Å²) in [6.45, 7) is 8.08. The van der Waals surface area contributed by atoms with Crippen LogP contribution in [0.1, 0.15) is 38.1 Å². The first-order valence-electron chi connectivity index (χ1n) is 4.34. The molecule has 2 nitrogen and oxygen atoms in total. The van der Waals surface area contributed by atoms with E-state index >= 15 is 0 Å². The Hall–Kier alpha value is -0.920. The SMILES string of the molecule is [2H]c1nc(C)c(C)c(C(C)C)n1. The molecule has 1 heterocycles. The zero-order valence-corrected chi connectivity index (χ0v) is 7.47. The molecule has 0 spiro atoms. The molecule has 0 aromatic carbocycles. The van der Waals surface area contributed by atoms with Gasteiger partial charge in [-0.2, -0.15) is 0 Å². The Morgan fingerprint density at radius 1 is 1.36 bits per heavy atom. The van der Waals surface area contributed by atoms with Gasteiger partial charge in [0.2, 0.25) is 0 Å². The molecule has 0 unspecified atom stereocenters. The van der Waals surface area contributed by atoms with Crippen LogP contribution in [0.5, 0.6) is 0 Å². The second kappa shape index (κ2) is 2.99. The maximum atomic E-state index is 7.34. The van der Waals surface area contributed by atoms with Crippen molar-refractivity contribution < 1.29 is 1.37 Å². The van der Waals surface area contributed by atoms with Crippen LogP contribution in [-0.4, -0.2) is 9.97 Å². The molecule has 0 aliphatic heterocycles. The van der Waals surface area contributed by atoms with Crippen LogP contribution in [-0.2, 0) is 0 Å². The van der Waals surface area contributed by atoms with Crippen molar-refractivity contribution in [2.75, 3.05) is 0 Å². The van der Waals surface area contributed by atoms with Crippen molar-refractivity contribution in [3.63, 3.8) is 0 Å². The highest BCUT2D eigenvalue weighted by atomic mass is 14.8. The van der Waals surface area contributed by atoms with Gasteiger partial charge in [-0.25, -0.2) is 9.97 Å². The van der Waals surface area contributed by atoms with Crippen molar-refractivity contribution in [3.8, 4) is 0 Å². The zero-order valence-electron chi connectivity index (χ0n) is 8.47. The van der Waals surface area contributed by atoms with Gasteiger partial charge in [0.1, 0.15) is 7.67 Å². The highest BCUT2D eigenvalue weighted by Gasteiger charge is 2.05. The minimum absolute atomic E-state index is 0.127. The zero-order chi connectivity index (χ0) is 9.30. The van der Waals surface area contributed by atoms with Crippen LogP contribution in [0.25, 0.3) is 0 Å². The number of hydrogen-bond acceptors (Lipinski definition) is 2. The quantitative estimate of drug-likeness (QED) is 0.615. The lowest BCUT2D eigenvalue weighted by molar-refractivity contribution is 0.794. The maximum absolute atomic E-state index is 7.34. The number of rotatable bonds is 1. The molecule has 0 saturated heterocycles. The van der Waals surface area contributed by atoms with Crippen molar-refractivity contribution in [2.45, 2.75) is 33.6 Å². The molecule has 0 amide bonds. The van der Waals surface area contributed by atoms with Gasteiger partial charge in [0, 0.05) is 11.4 Å². The van der Waals surface area contributed by atoms with Crippen LogP contribution in [0.4, 0.5) is 0 Å². The Balaban J connectivity index is 3.28. The van der Waals surface area contributed by atoms with E-state index in [4.69, 9.17) is 1.37 Å². The molecule has 0 atom stereocenters. The molecule has 0 bridgehead atoms. The van der Waals surface area contributed by atoms with Gasteiger partial charge in [0.05, 0.1) is 0 Å². The van der Waals surface area contributed by atoms with Gasteiger partial charge in [-0.3, -0.25) is 0 Å². The van der Waals surface area contributed by atoms with Gasteiger partial charge >= 0.3 is 0 Å². The summed E-state index contributed by atoms with van der Waals surface area (Å²) in [5.74, 6) is 0.371. The molecule has 0 N–H and O–H groups in total. The van der Waals surface area contributed by atoms with E-state index in [-0.39, 0.29) is 6.30 Å². The lowest BCUT2D eigenvalue weighted by Gasteiger charge is -2.08. The van der Waals surface area contributed by atoms with E-state index in [0.29, 0.717) is 5.92 Å². The van der Waals surface area contributed by atoms with Gasteiger partial charge in [-0.05, 0) is 25.3 Å². The molecule has 1 rings (SSSR count). The van der Waals surface area contributed by atoms with Gasteiger partial charge in [0.15, 0.2) is 0 Å². The standard InChI is InChI=1S/C9H14N2/c1-6(2)9-7(3)8(4)10-5-11-9/h5-6H,1-4H3/i5D. The molecule has 0 radical (unpaired) electrons. The van der Waals surface area contributed by atoms with Crippen LogP contribution in [0.3, 0.4) is 0 Å². The Labute approximate surface area is 69.1 Å². The molecule has 1 aromatic rings. The van der Waals surface area contributed by atoms with Crippen molar-refractivity contribution in [3.05, 3.63) is 23.3 Å². The molecule has 0 aliphatic carbocycles. The summed E-state index contributed by atoms with van der Waals surface area (Å²) in [5.41, 5.74) is 3.02. The summed E-state index contributed by atoms with van der Waals surface area (Å²) < 4.78 is 7.34. The Morgan fingerprint density at radius 3 is 2.55 bits per heavy atom. The van der Waals surface area contributed by atoms with Crippen LogP contribution in [0.2, 0.25) is 0 Å². The Bertz CT molecular complexity index is 295. The van der Waals surface area contributed by atoms with Crippen molar-refractivity contribution >= 4 is 0 Å². The summed E-state index contributed by atoms with van der Waals surface area (Å²) in [7, 11) is 0. The largest absolute Gasteiger partial charge is 0.241 e. The molecular weight excluding hydrogens is 136 g/mol. The molecule has 60 valence electrons. The lowest BCUT2D eigenvalue weighted by Crippen LogP contribution is -2.00. The summed E-state index contributed by atoms with van der Waals surface area (Å²) >= 11 is 0. The maximum Gasteiger partial charge on any atom is 0.115 e. The topological polar surface area (TPSA) is 25.8 Å². The van der Waals surface area contributed by atoms with E-state index in [1.165, 1.54) is 0 Å². The third kappa shape index (κ3) is 1.56. The number of aromatic nitrogens is 2. The van der Waals surface area contributed by atoms with E-state index in [1.807, 2.05) is 13.8 Å². The second-order valence-electron chi connectivity index (χ2n) is 3.07. The number of aryl methyl sites for hydroxylation is 1. The summed E-state index contributed by atoms with van der Waals surface area (Å²) in [6.07, 6.45) is 0.127. The fourth-order valence-corrected chi connectivity index (χ4v) is 1.07. The molecular formula is C9H14N2. The molecule has 11 heavy (non-hydrogen) atoms. The third-order valence-corrected chi connectivity index (χ3v) is 1.86. The minimum atomic E-state index is 0.127. The van der Waals surface area contributed by atoms with E-state index in [1.54, 1.807) is 0 Å². The number of hydrogen-bond donors (Lipinski definition) is 0. The van der Waals surface area contributed by atoms with Gasteiger partial charge in [-0.1, -0.05) is 13.8 Å². The molecule has 0 saturated carbocycles. The normalized spacial score (nSPS) is 11.9. The monoisotopic (exact) mass is 151 g/mol. The average Bonchev–Trinajstić information content (AvgIpc) is 1.96. The Kier molecular flexibility index (Phi) is 1.84. The summed E-state index contributed by atoms with van der Waals surface area (Å²) in [4.78, 5) is 8.06. The van der Waals surface area contributed by atoms with E-state index in [2.05, 4.69) is 23.8 Å². The predicted molar refractivity (Wildman–Crippen MR) is 45.6 cm³/mol. The Morgan fingerprint density at radius 2 is 2.00 bits per heavy atom. The van der Waals surface area contributed by atoms with Gasteiger partial charge in [-0.15, -0.1) is 0 Å². The van der Waals surface area contributed by atoms with Gasteiger partial charge < -0.3 is 0 Å². The predicted octanol–water partition coefficient (Wildman–Crippen LogP) is 2.22. The van der Waals surface area contributed by atoms with Crippen LogP contribution >= 0.6 is 0 Å². The van der Waals surface area contributed by atoms with E-state index in [9.17, 15) is 0 Å². The van der Waals surface area contributed by atoms with E-state index < -0.39 is 0 Å². The van der Waals surface area contributed by atoms with Crippen molar-refractivity contribution in [2.24, 2.45) is 0 Å².